The molecule has 0 aliphatic heterocycles. The van der Waals surface area contributed by atoms with Crippen LogP contribution in [-0.2, 0) is 10.0 Å². The molecule has 0 saturated heterocycles. The molecular formula is C20H21ClN4O3S. The van der Waals surface area contributed by atoms with E-state index in [1.165, 1.54) is 6.20 Å². The first-order valence-electron chi connectivity index (χ1n) is 8.87. The molecule has 9 heteroatoms. The third kappa shape index (κ3) is 5.16. The van der Waals surface area contributed by atoms with Gasteiger partial charge in [0.2, 0.25) is 10.0 Å². The Balaban J connectivity index is 1.86. The van der Waals surface area contributed by atoms with Crippen LogP contribution in [0.3, 0.4) is 0 Å². The first-order valence-corrected chi connectivity index (χ1v) is 11.1. The van der Waals surface area contributed by atoms with Crippen LogP contribution in [-0.4, -0.2) is 30.4 Å². The van der Waals surface area contributed by atoms with Crippen LogP contribution in [0.1, 0.15) is 35.8 Å². The SMILES string of the molecule is CC(C)c1c(C(=O)Nc2ccc(NS(C)(=O)=O)cc2)cnn1-c1cccc(Cl)c1. The lowest BCUT2D eigenvalue weighted by Crippen LogP contribution is -2.15. The standard InChI is InChI=1S/C20H21ClN4O3S/c1-13(2)19-18(12-22-25(19)17-6-4-5-14(21)11-17)20(26)23-15-7-9-16(10-8-15)24-29(3,27)28/h4-13,24H,1-3H3,(H,23,26). The molecule has 2 aromatic carbocycles. The summed E-state index contributed by atoms with van der Waals surface area (Å²) in [7, 11) is -3.36. The monoisotopic (exact) mass is 432 g/mol. The minimum absolute atomic E-state index is 0.0403. The number of amides is 1. The van der Waals surface area contributed by atoms with Crippen LogP contribution in [0.25, 0.3) is 5.69 Å². The van der Waals surface area contributed by atoms with E-state index in [1.54, 1.807) is 41.1 Å². The number of rotatable bonds is 6. The van der Waals surface area contributed by atoms with Gasteiger partial charge in [0.25, 0.3) is 5.91 Å². The third-order valence-electron chi connectivity index (χ3n) is 4.10. The normalized spacial score (nSPS) is 11.5. The largest absolute Gasteiger partial charge is 0.322 e. The van der Waals surface area contributed by atoms with Gasteiger partial charge in [0.05, 0.1) is 29.4 Å². The number of nitrogens with one attached hydrogen (secondary N) is 2. The highest BCUT2D eigenvalue weighted by Crippen LogP contribution is 2.25. The average Bonchev–Trinajstić information content (AvgIpc) is 3.08. The highest BCUT2D eigenvalue weighted by atomic mass is 35.5. The van der Waals surface area contributed by atoms with Crippen LogP contribution in [0, 0.1) is 0 Å². The number of halogens is 1. The van der Waals surface area contributed by atoms with Crippen molar-refractivity contribution in [2.45, 2.75) is 19.8 Å². The number of hydrogen-bond donors (Lipinski definition) is 2. The van der Waals surface area contributed by atoms with E-state index in [4.69, 9.17) is 11.6 Å². The van der Waals surface area contributed by atoms with E-state index >= 15 is 0 Å². The fraction of sp³-hybridized carbons (Fsp3) is 0.200. The molecular weight excluding hydrogens is 412 g/mol. The van der Waals surface area contributed by atoms with Crippen LogP contribution in [0.4, 0.5) is 11.4 Å². The van der Waals surface area contributed by atoms with Crippen molar-refractivity contribution in [1.82, 2.24) is 9.78 Å². The van der Waals surface area contributed by atoms with Crippen molar-refractivity contribution in [3.8, 4) is 5.69 Å². The number of nitrogens with zero attached hydrogens (tertiary/aromatic N) is 2. The smallest absolute Gasteiger partial charge is 0.259 e. The Kier molecular flexibility index (Phi) is 5.95. The Labute approximate surface area is 174 Å². The van der Waals surface area contributed by atoms with E-state index in [9.17, 15) is 13.2 Å². The van der Waals surface area contributed by atoms with Crippen molar-refractivity contribution in [2.24, 2.45) is 0 Å². The molecule has 2 N–H and O–H groups in total. The molecule has 0 bridgehead atoms. The lowest BCUT2D eigenvalue weighted by molar-refractivity contribution is 0.102. The molecule has 0 saturated carbocycles. The zero-order chi connectivity index (χ0) is 21.2. The van der Waals surface area contributed by atoms with Gasteiger partial charge in [-0.1, -0.05) is 31.5 Å². The second-order valence-electron chi connectivity index (χ2n) is 6.90. The van der Waals surface area contributed by atoms with Crippen LogP contribution < -0.4 is 10.0 Å². The molecule has 0 spiro atoms. The summed E-state index contributed by atoms with van der Waals surface area (Å²) in [5, 5.41) is 7.80. The van der Waals surface area contributed by atoms with Crippen LogP contribution in [0.2, 0.25) is 5.02 Å². The molecule has 0 aliphatic carbocycles. The number of anilines is 2. The van der Waals surface area contributed by atoms with Gasteiger partial charge in [-0.25, -0.2) is 13.1 Å². The van der Waals surface area contributed by atoms with Crippen LogP contribution in [0.15, 0.2) is 54.7 Å². The summed E-state index contributed by atoms with van der Waals surface area (Å²) >= 11 is 6.09. The zero-order valence-electron chi connectivity index (χ0n) is 16.2. The first-order chi connectivity index (χ1) is 13.6. The predicted octanol–water partition coefficient (Wildman–Crippen LogP) is 4.27. The van der Waals surface area contributed by atoms with Crippen molar-refractivity contribution < 1.29 is 13.2 Å². The number of aromatic nitrogens is 2. The summed E-state index contributed by atoms with van der Waals surface area (Å²) in [5.74, 6) is -0.260. The molecule has 152 valence electrons. The Hall–Kier alpha value is -2.84. The summed E-state index contributed by atoms with van der Waals surface area (Å²) in [6.07, 6.45) is 2.61. The summed E-state index contributed by atoms with van der Waals surface area (Å²) in [6.45, 7) is 3.97. The Morgan fingerprint density at radius 2 is 1.76 bits per heavy atom. The van der Waals surface area contributed by atoms with Gasteiger partial charge in [-0.15, -0.1) is 0 Å². The molecule has 0 atom stereocenters. The number of benzene rings is 2. The number of sulfonamides is 1. The van der Waals surface area contributed by atoms with E-state index in [0.29, 0.717) is 22.0 Å². The van der Waals surface area contributed by atoms with E-state index in [2.05, 4.69) is 15.1 Å². The predicted molar refractivity (Wildman–Crippen MR) is 116 cm³/mol. The Morgan fingerprint density at radius 3 is 2.34 bits per heavy atom. The van der Waals surface area contributed by atoms with Gasteiger partial charge in [0, 0.05) is 16.4 Å². The summed E-state index contributed by atoms with van der Waals surface area (Å²) < 4.78 is 26.7. The molecule has 3 aromatic rings. The molecule has 1 amide bonds. The molecule has 0 radical (unpaired) electrons. The van der Waals surface area contributed by atoms with Gasteiger partial charge < -0.3 is 5.32 Å². The van der Waals surface area contributed by atoms with Gasteiger partial charge in [-0.2, -0.15) is 5.10 Å². The summed E-state index contributed by atoms with van der Waals surface area (Å²) in [6, 6.07) is 13.7. The van der Waals surface area contributed by atoms with E-state index < -0.39 is 10.0 Å². The maximum absolute atomic E-state index is 12.9. The molecule has 0 unspecified atom stereocenters. The van der Waals surface area contributed by atoms with Crippen molar-refractivity contribution in [1.29, 1.82) is 0 Å². The Bertz CT molecular complexity index is 1140. The van der Waals surface area contributed by atoms with E-state index in [-0.39, 0.29) is 11.8 Å². The van der Waals surface area contributed by atoms with Crippen molar-refractivity contribution in [3.05, 3.63) is 71.0 Å². The molecule has 0 aliphatic rings. The second kappa shape index (κ2) is 8.26. The minimum atomic E-state index is -3.36. The van der Waals surface area contributed by atoms with Crippen LogP contribution >= 0.6 is 11.6 Å². The molecule has 0 fully saturated rings. The third-order valence-corrected chi connectivity index (χ3v) is 4.94. The van der Waals surface area contributed by atoms with Gasteiger partial charge in [0.1, 0.15) is 0 Å². The van der Waals surface area contributed by atoms with Gasteiger partial charge in [0.15, 0.2) is 0 Å². The van der Waals surface area contributed by atoms with Crippen molar-refractivity contribution in [3.63, 3.8) is 0 Å². The van der Waals surface area contributed by atoms with E-state index in [1.807, 2.05) is 26.0 Å². The second-order valence-corrected chi connectivity index (χ2v) is 9.08. The van der Waals surface area contributed by atoms with Gasteiger partial charge >= 0.3 is 0 Å². The zero-order valence-corrected chi connectivity index (χ0v) is 17.8. The molecule has 29 heavy (non-hydrogen) atoms. The highest BCUT2D eigenvalue weighted by molar-refractivity contribution is 7.92. The topological polar surface area (TPSA) is 93.1 Å². The lowest BCUT2D eigenvalue weighted by Gasteiger charge is -2.13. The first kappa shape index (κ1) is 20.9. The van der Waals surface area contributed by atoms with Crippen LogP contribution in [0.5, 0.6) is 0 Å². The quantitative estimate of drug-likeness (QED) is 0.608. The summed E-state index contributed by atoms with van der Waals surface area (Å²) in [4.78, 5) is 12.9. The van der Waals surface area contributed by atoms with E-state index in [0.717, 1.165) is 17.6 Å². The molecule has 1 heterocycles. The lowest BCUT2D eigenvalue weighted by atomic mass is 10.0. The molecule has 3 rings (SSSR count). The fourth-order valence-electron chi connectivity index (χ4n) is 2.94. The molecule has 7 nitrogen and oxygen atoms in total. The number of carbonyl (C=O) groups is 1. The molecule has 1 aromatic heterocycles. The fourth-order valence-corrected chi connectivity index (χ4v) is 3.68. The van der Waals surface area contributed by atoms with Gasteiger partial charge in [-0.05, 0) is 48.4 Å². The Morgan fingerprint density at radius 1 is 1.10 bits per heavy atom. The maximum Gasteiger partial charge on any atom is 0.259 e. The number of hydrogen-bond acceptors (Lipinski definition) is 4. The van der Waals surface area contributed by atoms with Crippen molar-refractivity contribution in [2.75, 3.05) is 16.3 Å². The highest BCUT2D eigenvalue weighted by Gasteiger charge is 2.21. The minimum Gasteiger partial charge on any atom is -0.322 e. The average molecular weight is 433 g/mol. The van der Waals surface area contributed by atoms with Crippen molar-refractivity contribution >= 4 is 38.9 Å². The number of carbonyl (C=O) groups excluding carboxylic acids is 1. The maximum atomic E-state index is 12.9. The summed E-state index contributed by atoms with van der Waals surface area (Å²) in [5.41, 5.74) is 2.95. The van der Waals surface area contributed by atoms with Gasteiger partial charge in [-0.3, -0.25) is 9.52 Å².